The topological polar surface area (TPSA) is 129 Å². The van der Waals surface area contributed by atoms with E-state index in [0.717, 1.165) is 29.7 Å². The van der Waals surface area contributed by atoms with Crippen LogP contribution in [0.3, 0.4) is 0 Å². The number of pyridine rings is 1. The molecule has 1 aliphatic rings. The van der Waals surface area contributed by atoms with Crippen LogP contribution in [-0.4, -0.2) is 52.1 Å². The molecule has 194 valence electrons. The summed E-state index contributed by atoms with van der Waals surface area (Å²) >= 11 is 0. The molecule has 1 fully saturated rings. The van der Waals surface area contributed by atoms with Gasteiger partial charge in [-0.25, -0.2) is 12.9 Å². The maximum absolute atomic E-state index is 12.4. The molecule has 1 saturated heterocycles. The highest BCUT2D eigenvalue weighted by atomic mass is 32.2. The first-order valence-corrected chi connectivity index (χ1v) is 14.2. The predicted molar refractivity (Wildman–Crippen MR) is 140 cm³/mol. The molecule has 10 nitrogen and oxygen atoms in total. The number of aromatic nitrogens is 4. The summed E-state index contributed by atoms with van der Waals surface area (Å²) in [6, 6.07) is 11.0. The number of ether oxygens (including phenoxy) is 1. The Morgan fingerprint density at radius 3 is 2.55 bits per heavy atom. The first kappa shape index (κ1) is 25.3. The molecule has 0 aliphatic carbocycles. The fraction of sp³-hybridized carbons (Fsp3) is 0.333. The molecule has 4 heterocycles. The maximum Gasteiger partial charge on any atom is 0.179 e. The Labute approximate surface area is 221 Å². The van der Waals surface area contributed by atoms with Crippen molar-refractivity contribution in [3.8, 4) is 29.1 Å². The highest BCUT2D eigenvalue weighted by molar-refractivity contribution is 7.90. The van der Waals surface area contributed by atoms with Gasteiger partial charge in [0.1, 0.15) is 29.0 Å². The van der Waals surface area contributed by atoms with Crippen molar-refractivity contribution in [2.45, 2.75) is 43.7 Å². The lowest BCUT2D eigenvalue weighted by molar-refractivity contribution is 0.225. The van der Waals surface area contributed by atoms with Gasteiger partial charge >= 0.3 is 0 Å². The van der Waals surface area contributed by atoms with Crippen LogP contribution < -0.4 is 4.74 Å². The van der Waals surface area contributed by atoms with E-state index in [1.807, 2.05) is 30.1 Å². The fourth-order valence-corrected chi connectivity index (χ4v) is 6.08. The molecular weight excluding hydrogens is 502 g/mol. The zero-order valence-electron chi connectivity index (χ0n) is 21.4. The summed E-state index contributed by atoms with van der Waals surface area (Å²) < 4.78 is 34.8. The summed E-state index contributed by atoms with van der Waals surface area (Å²) in [6.07, 6.45) is 9.59. The average molecular weight is 530 g/mol. The van der Waals surface area contributed by atoms with Crippen LogP contribution in [0.2, 0.25) is 0 Å². The van der Waals surface area contributed by atoms with Crippen molar-refractivity contribution in [3.05, 3.63) is 65.7 Å². The molecule has 4 aromatic rings. The molecule has 0 radical (unpaired) electrons. The van der Waals surface area contributed by atoms with E-state index in [1.165, 1.54) is 12.5 Å². The van der Waals surface area contributed by atoms with Crippen LogP contribution in [0.25, 0.3) is 16.6 Å². The molecule has 0 amide bonds. The standard InChI is InChI=1S/C27H27N7O3S/c1-18-24(15-31-34(18)22-8-10-32(17-29)11-9-22)20-12-25(27-21(13-28)14-30-33(27)16-20)37-19(2)23-6-4-5-7-26(23)38(3,35)36/h4-7,12,14-16,19,22H,8-11H2,1-3H3/t19-/m1/s1. The maximum atomic E-state index is 12.4. The normalized spacial score (nSPS) is 15.2. The zero-order valence-corrected chi connectivity index (χ0v) is 22.2. The van der Waals surface area contributed by atoms with E-state index in [4.69, 9.17) is 10.00 Å². The van der Waals surface area contributed by atoms with E-state index in [1.54, 1.807) is 40.6 Å². The van der Waals surface area contributed by atoms with Gasteiger partial charge in [0.15, 0.2) is 16.0 Å². The summed E-state index contributed by atoms with van der Waals surface area (Å²) in [6.45, 7) is 5.21. The minimum atomic E-state index is -3.47. The number of benzene rings is 1. The summed E-state index contributed by atoms with van der Waals surface area (Å²) in [4.78, 5) is 1.97. The second kappa shape index (κ2) is 9.84. The fourth-order valence-electron chi connectivity index (χ4n) is 5.10. The monoisotopic (exact) mass is 529 g/mol. The predicted octanol–water partition coefficient (Wildman–Crippen LogP) is 4.04. The quantitative estimate of drug-likeness (QED) is 0.342. The van der Waals surface area contributed by atoms with E-state index >= 15 is 0 Å². The van der Waals surface area contributed by atoms with E-state index in [-0.39, 0.29) is 10.9 Å². The van der Waals surface area contributed by atoms with Crippen molar-refractivity contribution >= 4 is 15.4 Å². The van der Waals surface area contributed by atoms with Gasteiger partial charge in [-0.3, -0.25) is 4.68 Å². The lowest BCUT2D eigenvalue weighted by atomic mass is 10.0. The number of sulfone groups is 1. The van der Waals surface area contributed by atoms with Crippen LogP contribution in [-0.2, 0) is 9.84 Å². The van der Waals surface area contributed by atoms with E-state index < -0.39 is 15.9 Å². The van der Waals surface area contributed by atoms with Gasteiger partial charge in [0, 0.05) is 47.9 Å². The molecule has 1 aromatic carbocycles. The molecule has 0 N–H and O–H groups in total. The Hall–Kier alpha value is -4.35. The van der Waals surface area contributed by atoms with Crippen LogP contribution >= 0.6 is 0 Å². The molecule has 0 bridgehead atoms. The highest BCUT2D eigenvalue weighted by Gasteiger charge is 2.25. The molecular formula is C27H27N7O3S. The third kappa shape index (κ3) is 4.57. The van der Waals surface area contributed by atoms with E-state index in [0.29, 0.717) is 35.5 Å². The molecule has 0 spiro atoms. The van der Waals surface area contributed by atoms with E-state index in [2.05, 4.69) is 22.5 Å². The lowest BCUT2D eigenvalue weighted by Gasteiger charge is -2.29. The number of nitrogens with zero attached hydrogens (tertiary/aromatic N) is 7. The average Bonchev–Trinajstić information content (AvgIpc) is 3.51. The second-order valence-electron chi connectivity index (χ2n) is 9.53. The highest BCUT2D eigenvalue weighted by Crippen LogP contribution is 2.36. The van der Waals surface area contributed by atoms with Gasteiger partial charge in [0.05, 0.1) is 23.3 Å². The third-order valence-corrected chi connectivity index (χ3v) is 8.24. The van der Waals surface area contributed by atoms with Crippen LogP contribution in [0.15, 0.2) is 53.8 Å². The molecule has 3 aromatic heterocycles. The smallest absolute Gasteiger partial charge is 0.179 e. The molecule has 0 unspecified atom stereocenters. The van der Waals surface area contributed by atoms with Gasteiger partial charge in [0.2, 0.25) is 0 Å². The van der Waals surface area contributed by atoms with Crippen LogP contribution in [0.4, 0.5) is 0 Å². The van der Waals surface area contributed by atoms with Gasteiger partial charge in [-0.1, -0.05) is 18.2 Å². The van der Waals surface area contributed by atoms with Gasteiger partial charge in [-0.05, 0) is 38.8 Å². The number of rotatable bonds is 6. The minimum absolute atomic E-state index is 0.202. The summed E-state index contributed by atoms with van der Waals surface area (Å²) in [7, 11) is -3.47. The summed E-state index contributed by atoms with van der Waals surface area (Å²) in [5, 5.41) is 27.9. The summed E-state index contributed by atoms with van der Waals surface area (Å²) in [5.41, 5.74) is 4.08. The Bertz CT molecular complexity index is 1700. The molecule has 0 saturated carbocycles. The Morgan fingerprint density at radius 2 is 1.87 bits per heavy atom. The first-order chi connectivity index (χ1) is 18.2. The first-order valence-electron chi connectivity index (χ1n) is 12.3. The van der Waals surface area contributed by atoms with E-state index in [9.17, 15) is 13.7 Å². The van der Waals surface area contributed by atoms with Crippen molar-refractivity contribution in [2.24, 2.45) is 0 Å². The number of hydrogen-bond acceptors (Lipinski definition) is 8. The lowest BCUT2D eigenvalue weighted by Crippen LogP contribution is -2.31. The molecule has 38 heavy (non-hydrogen) atoms. The van der Waals surface area contributed by atoms with Crippen LogP contribution in [0.1, 0.15) is 48.7 Å². The van der Waals surface area contributed by atoms with Crippen molar-refractivity contribution in [2.75, 3.05) is 19.3 Å². The molecule has 11 heteroatoms. The Morgan fingerprint density at radius 1 is 1.13 bits per heavy atom. The van der Waals surface area contributed by atoms with Gasteiger partial charge in [-0.15, -0.1) is 0 Å². The number of nitriles is 2. The van der Waals surface area contributed by atoms with Crippen molar-refractivity contribution < 1.29 is 13.2 Å². The van der Waals surface area contributed by atoms with Crippen LogP contribution in [0.5, 0.6) is 5.75 Å². The van der Waals surface area contributed by atoms with Crippen molar-refractivity contribution in [1.82, 2.24) is 24.3 Å². The van der Waals surface area contributed by atoms with Gasteiger partial charge in [-0.2, -0.15) is 20.7 Å². The second-order valence-corrected chi connectivity index (χ2v) is 11.5. The SMILES string of the molecule is Cc1c(-c2cc(O[C@H](C)c3ccccc3S(C)(=O)=O)c3c(C#N)cnn3c2)cnn1C1CCN(C#N)CC1. The van der Waals surface area contributed by atoms with Crippen LogP contribution in [0, 0.1) is 29.7 Å². The molecule has 1 atom stereocenters. The number of fused-ring (bicyclic) bond motifs is 1. The number of piperidine rings is 1. The largest absolute Gasteiger partial charge is 0.484 e. The molecule has 1 aliphatic heterocycles. The molecule has 5 rings (SSSR count). The Balaban J connectivity index is 1.55. The van der Waals surface area contributed by atoms with Crippen molar-refractivity contribution in [3.63, 3.8) is 0 Å². The van der Waals surface area contributed by atoms with Gasteiger partial charge < -0.3 is 9.64 Å². The van der Waals surface area contributed by atoms with Gasteiger partial charge in [0.25, 0.3) is 0 Å². The number of hydrogen-bond donors (Lipinski definition) is 0. The zero-order chi connectivity index (χ0) is 27.0. The minimum Gasteiger partial charge on any atom is -0.484 e. The Kier molecular flexibility index (Phi) is 6.55. The van der Waals surface area contributed by atoms with Crippen molar-refractivity contribution in [1.29, 1.82) is 10.5 Å². The summed E-state index contributed by atoms with van der Waals surface area (Å²) in [5.74, 6) is 0.418. The third-order valence-electron chi connectivity index (χ3n) is 7.06. The number of likely N-dealkylation sites (tertiary alicyclic amines) is 1.